The Morgan fingerprint density at radius 2 is 1.83 bits per heavy atom. The molecule has 0 bridgehead atoms. The van der Waals surface area contributed by atoms with Crippen molar-refractivity contribution in [2.45, 2.75) is 19.3 Å². The number of nitrogens with zero attached hydrogens (tertiary/aromatic N) is 9. The molecular weight excluding hydrogens is 460 g/mol. The van der Waals surface area contributed by atoms with Gasteiger partial charge in [-0.3, -0.25) is 4.98 Å². The van der Waals surface area contributed by atoms with Crippen molar-refractivity contribution in [1.29, 1.82) is 0 Å². The summed E-state index contributed by atoms with van der Waals surface area (Å²) in [7, 11) is 1.30. The van der Waals surface area contributed by atoms with E-state index >= 15 is 0 Å². The molecule has 4 heterocycles. The maximum atomic E-state index is 12.4. The molecule has 12 nitrogen and oxygen atoms in total. The average molecular weight is 485 g/mol. The van der Waals surface area contributed by atoms with E-state index in [1.807, 2.05) is 18.2 Å². The van der Waals surface area contributed by atoms with Crippen molar-refractivity contribution in [2.24, 2.45) is 10.2 Å². The van der Waals surface area contributed by atoms with Gasteiger partial charge in [-0.25, -0.2) is 19.7 Å². The minimum absolute atomic E-state index is 0.151. The van der Waals surface area contributed by atoms with Crippen LogP contribution in [-0.4, -0.2) is 55.9 Å². The van der Waals surface area contributed by atoms with Gasteiger partial charge in [-0.1, -0.05) is 0 Å². The molecule has 36 heavy (non-hydrogen) atoms. The molecule has 12 heteroatoms. The average Bonchev–Trinajstić information content (AvgIpc) is 3.37. The van der Waals surface area contributed by atoms with E-state index in [9.17, 15) is 4.79 Å². The molecule has 0 spiro atoms. The molecule has 182 valence electrons. The van der Waals surface area contributed by atoms with Crippen LogP contribution in [0, 0.1) is 0 Å². The summed E-state index contributed by atoms with van der Waals surface area (Å²) in [4.78, 5) is 31.6. The molecule has 0 saturated carbocycles. The lowest BCUT2D eigenvalue weighted by Crippen LogP contribution is -2.29. The first-order valence-corrected chi connectivity index (χ1v) is 11.5. The van der Waals surface area contributed by atoms with Gasteiger partial charge in [0.25, 0.3) is 0 Å². The Hall–Kier alpha value is -4.74. The van der Waals surface area contributed by atoms with Crippen LogP contribution < -0.4 is 10.2 Å². The van der Waals surface area contributed by atoms with Gasteiger partial charge in [0.2, 0.25) is 5.95 Å². The summed E-state index contributed by atoms with van der Waals surface area (Å²) in [6, 6.07) is 7.65. The van der Waals surface area contributed by atoms with Crippen molar-refractivity contribution < 1.29 is 9.53 Å². The monoisotopic (exact) mass is 484 g/mol. The zero-order valence-electron chi connectivity index (χ0n) is 19.7. The summed E-state index contributed by atoms with van der Waals surface area (Å²) in [5.74, 6) is 0.405. The number of rotatable bonds is 7. The number of piperidine rings is 1. The molecule has 1 aliphatic heterocycles. The number of hydrogen-bond donors (Lipinski definition) is 1. The quantitative estimate of drug-likeness (QED) is 0.299. The predicted octanol–water partition coefficient (Wildman–Crippen LogP) is 4.39. The number of benzene rings is 1. The molecular formula is C24H24N10O2. The van der Waals surface area contributed by atoms with E-state index in [1.165, 1.54) is 36.8 Å². The smallest absolute Gasteiger partial charge is 0.343 e. The Labute approximate surface area is 207 Å². The number of methoxy groups -OCH3 is 1. The Bertz CT molecular complexity index is 1350. The topological polar surface area (TPSA) is 136 Å². The zero-order valence-corrected chi connectivity index (χ0v) is 19.7. The summed E-state index contributed by atoms with van der Waals surface area (Å²) in [6.45, 7) is 2.00. The van der Waals surface area contributed by atoms with E-state index in [0.29, 0.717) is 23.1 Å². The van der Waals surface area contributed by atoms with Gasteiger partial charge in [0.15, 0.2) is 11.6 Å². The van der Waals surface area contributed by atoms with Gasteiger partial charge in [0, 0.05) is 43.6 Å². The van der Waals surface area contributed by atoms with E-state index in [0.717, 1.165) is 31.6 Å². The van der Waals surface area contributed by atoms with Crippen molar-refractivity contribution in [2.75, 3.05) is 30.4 Å². The van der Waals surface area contributed by atoms with Crippen molar-refractivity contribution in [3.8, 4) is 5.82 Å². The molecule has 1 N–H and O–H groups in total. The molecule has 1 saturated heterocycles. The fraction of sp³-hybridized carbons (Fsp3) is 0.250. The number of carbonyl (C=O) groups excluding carboxylic acids is 1. The first-order valence-electron chi connectivity index (χ1n) is 11.5. The van der Waals surface area contributed by atoms with E-state index in [2.05, 4.69) is 45.5 Å². The van der Waals surface area contributed by atoms with Crippen molar-refractivity contribution in [3.63, 3.8) is 0 Å². The number of esters is 1. The molecule has 1 aliphatic rings. The van der Waals surface area contributed by atoms with Crippen LogP contribution in [0.15, 0.2) is 71.7 Å². The second-order valence-electron chi connectivity index (χ2n) is 8.00. The standard InChI is InChI=1S/C24H24N10O2/c1-36-23(35)18-15-29-34(21-16-25-10-11-26-21)22(18)32-31-19-7-6-17(33-12-3-2-4-13-33)14-20(19)30-24-27-8-5-9-28-24/h5-11,14-16H,2-4,12-13H2,1H3,(H,27,28,30)/b32-31+. The predicted molar refractivity (Wildman–Crippen MR) is 132 cm³/mol. The number of azo groups is 1. The molecule has 0 radical (unpaired) electrons. The van der Waals surface area contributed by atoms with Crippen LogP contribution in [0.4, 0.5) is 28.8 Å². The van der Waals surface area contributed by atoms with Crippen LogP contribution in [0.1, 0.15) is 29.6 Å². The fourth-order valence-electron chi connectivity index (χ4n) is 3.91. The Morgan fingerprint density at radius 1 is 1.00 bits per heavy atom. The Kier molecular flexibility index (Phi) is 6.83. The molecule has 0 atom stereocenters. The minimum atomic E-state index is -0.587. The third-order valence-electron chi connectivity index (χ3n) is 5.68. The number of anilines is 3. The molecule has 0 amide bonds. The van der Waals surface area contributed by atoms with Gasteiger partial charge in [-0.15, -0.1) is 10.2 Å². The molecule has 1 fully saturated rings. The van der Waals surface area contributed by atoms with Crippen LogP contribution >= 0.6 is 0 Å². The molecule has 5 rings (SSSR count). The number of nitrogens with one attached hydrogen (secondary N) is 1. The second-order valence-corrected chi connectivity index (χ2v) is 8.00. The maximum Gasteiger partial charge on any atom is 0.343 e. The molecule has 1 aromatic carbocycles. The fourth-order valence-corrected chi connectivity index (χ4v) is 3.91. The lowest BCUT2D eigenvalue weighted by Gasteiger charge is -2.29. The maximum absolute atomic E-state index is 12.4. The largest absolute Gasteiger partial charge is 0.465 e. The van der Waals surface area contributed by atoms with Crippen LogP contribution in [0.5, 0.6) is 0 Å². The van der Waals surface area contributed by atoms with Crippen LogP contribution in [0.2, 0.25) is 0 Å². The number of carbonyl (C=O) groups is 1. The highest BCUT2D eigenvalue weighted by atomic mass is 16.5. The summed E-state index contributed by atoms with van der Waals surface area (Å²) in [5.41, 5.74) is 2.44. The van der Waals surface area contributed by atoms with Gasteiger partial charge in [-0.2, -0.15) is 9.78 Å². The van der Waals surface area contributed by atoms with Gasteiger partial charge < -0.3 is 15.0 Å². The lowest BCUT2D eigenvalue weighted by molar-refractivity contribution is 0.0601. The number of ether oxygens (including phenoxy) is 1. The van der Waals surface area contributed by atoms with Crippen molar-refractivity contribution >= 4 is 34.8 Å². The molecule has 4 aromatic rings. The Balaban J connectivity index is 1.54. The van der Waals surface area contributed by atoms with E-state index in [-0.39, 0.29) is 11.4 Å². The highest BCUT2D eigenvalue weighted by Gasteiger charge is 2.20. The highest BCUT2D eigenvalue weighted by molar-refractivity contribution is 5.94. The minimum Gasteiger partial charge on any atom is -0.465 e. The lowest BCUT2D eigenvalue weighted by atomic mass is 10.1. The normalized spacial score (nSPS) is 13.6. The third-order valence-corrected chi connectivity index (χ3v) is 5.68. The number of hydrogen-bond acceptors (Lipinski definition) is 11. The third kappa shape index (κ3) is 5.02. The zero-order chi connectivity index (χ0) is 24.7. The van der Waals surface area contributed by atoms with Crippen molar-refractivity contribution in [3.05, 3.63) is 67.0 Å². The van der Waals surface area contributed by atoms with Crippen LogP contribution in [-0.2, 0) is 4.74 Å². The number of aromatic nitrogens is 6. The van der Waals surface area contributed by atoms with Crippen LogP contribution in [0.25, 0.3) is 5.82 Å². The first kappa shape index (κ1) is 23.0. The van der Waals surface area contributed by atoms with E-state index in [1.54, 1.807) is 24.7 Å². The Morgan fingerprint density at radius 3 is 2.58 bits per heavy atom. The van der Waals surface area contributed by atoms with Crippen LogP contribution in [0.3, 0.4) is 0 Å². The van der Waals surface area contributed by atoms with Gasteiger partial charge in [0.05, 0.1) is 25.2 Å². The van der Waals surface area contributed by atoms with Crippen molar-refractivity contribution in [1.82, 2.24) is 29.7 Å². The van der Waals surface area contributed by atoms with Gasteiger partial charge >= 0.3 is 5.97 Å². The first-order chi connectivity index (χ1) is 17.7. The highest BCUT2D eigenvalue weighted by Crippen LogP contribution is 2.34. The summed E-state index contributed by atoms with van der Waals surface area (Å²) >= 11 is 0. The van der Waals surface area contributed by atoms with Gasteiger partial charge in [-0.05, 0) is 43.5 Å². The summed E-state index contributed by atoms with van der Waals surface area (Å²) in [6.07, 6.45) is 12.8. The molecule has 0 aliphatic carbocycles. The summed E-state index contributed by atoms with van der Waals surface area (Å²) in [5, 5.41) is 16.3. The SMILES string of the molecule is COC(=O)c1cnn(-c2cnccn2)c1/N=N/c1ccc(N2CCCCC2)cc1Nc1ncccn1. The van der Waals surface area contributed by atoms with Gasteiger partial charge in [0.1, 0.15) is 11.3 Å². The van der Waals surface area contributed by atoms with E-state index < -0.39 is 5.97 Å². The molecule has 0 unspecified atom stereocenters. The summed E-state index contributed by atoms with van der Waals surface area (Å²) < 4.78 is 6.29. The van der Waals surface area contributed by atoms with E-state index in [4.69, 9.17) is 4.74 Å². The second kappa shape index (κ2) is 10.7. The molecule has 3 aromatic heterocycles.